The summed E-state index contributed by atoms with van der Waals surface area (Å²) in [5, 5.41) is 3.77. The number of rotatable bonds is 3. The van der Waals surface area contributed by atoms with Crippen LogP contribution in [0.3, 0.4) is 0 Å². The molecule has 10 heavy (non-hydrogen) atoms. The van der Waals surface area contributed by atoms with Gasteiger partial charge in [-0.15, -0.1) is 0 Å². The fourth-order valence-electron chi connectivity index (χ4n) is 0.787. The molecule has 1 aromatic rings. The highest BCUT2D eigenvalue weighted by atomic mass is 32.1. The number of aromatic nitrogens is 1. The molecule has 0 unspecified atom stereocenters. The third-order valence-electron chi connectivity index (χ3n) is 1.26. The minimum Gasteiger partial charge on any atom is -0.361 e. The molecule has 0 spiro atoms. The van der Waals surface area contributed by atoms with E-state index in [-0.39, 0.29) is 0 Å². The predicted octanol–water partition coefficient (Wildman–Crippen LogP) is 1.85. The maximum absolute atomic E-state index is 4.98. The van der Waals surface area contributed by atoms with Crippen molar-refractivity contribution in [3.8, 4) is 0 Å². The molecule has 56 valence electrons. The molecule has 0 atom stereocenters. The van der Waals surface area contributed by atoms with Crippen LogP contribution in [0, 0.1) is 6.92 Å². The van der Waals surface area contributed by atoms with Crippen molar-refractivity contribution >= 4 is 12.6 Å². The number of thiol groups is 1. The van der Waals surface area contributed by atoms with Crippen LogP contribution in [0.5, 0.6) is 0 Å². The zero-order valence-electron chi connectivity index (χ0n) is 6.00. The Bertz CT molecular complexity index is 197. The second-order valence-corrected chi connectivity index (χ2v) is 2.71. The SMILES string of the molecule is Cc1cc(CCCS)on1. The Morgan fingerprint density at radius 2 is 2.50 bits per heavy atom. The first-order valence-corrected chi connectivity index (χ1v) is 3.99. The van der Waals surface area contributed by atoms with Crippen LogP contribution in [0.25, 0.3) is 0 Å². The van der Waals surface area contributed by atoms with Crippen LogP contribution >= 0.6 is 12.6 Å². The Hall–Kier alpha value is -0.440. The van der Waals surface area contributed by atoms with Gasteiger partial charge in [0.15, 0.2) is 0 Å². The number of aryl methyl sites for hydroxylation is 2. The molecule has 1 rings (SSSR count). The van der Waals surface area contributed by atoms with E-state index in [9.17, 15) is 0 Å². The Kier molecular flexibility index (Phi) is 2.81. The Morgan fingerprint density at radius 3 is 3.00 bits per heavy atom. The Labute approximate surface area is 66.0 Å². The van der Waals surface area contributed by atoms with Gasteiger partial charge in [-0.25, -0.2) is 0 Å². The molecule has 1 aromatic heterocycles. The molecule has 0 bridgehead atoms. The molecule has 0 radical (unpaired) electrons. The van der Waals surface area contributed by atoms with Crippen molar-refractivity contribution in [1.29, 1.82) is 0 Å². The first-order valence-electron chi connectivity index (χ1n) is 3.36. The number of nitrogens with zero attached hydrogens (tertiary/aromatic N) is 1. The highest BCUT2D eigenvalue weighted by molar-refractivity contribution is 7.80. The van der Waals surface area contributed by atoms with E-state index in [0.717, 1.165) is 30.0 Å². The predicted molar refractivity (Wildman–Crippen MR) is 43.4 cm³/mol. The van der Waals surface area contributed by atoms with E-state index < -0.39 is 0 Å². The first-order chi connectivity index (χ1) is 4.83. The number of hydrogen-bond donors (Lipinski definition) is 1. The molecule has 0 aliphatic heterocycles. The van der Waals surface area contributed by atoms with Crippen molar-refractivity contribution in [2.75, 3.05) is 5.75 Å². The van der Waals surface area contributed by atoms with Crippen LogP contribution in [-0.4, -0.2) is 10.9 Å². The van der Waals surface area contributed by atoms with Crippen molar-refractivity contribution in [1.82, 2.24) is 5.16 Å². The molecule has 3 heteroatoms. The highest BCUT2D eigenvalue weighted by Gasteiger charge is 1.97. The Balaban J connectivity index is 2.42. The van der Waals surface area contributed by atoms with Crippen molar-refractivity contribution in [3.63, 3.8) is 0 Å². The van der Waals surface area contributed by atoms with Gasteiger partial charge in [0, 0.05) is 12.5 Å². The average molecular weight is 157 g/mol. The smallest absolute Gasteiger partial charge is 0.137 e. The number of hydrogen-bond acceptors (Lipinski definition) is 3. The van der Waals surface area contributed by atoms with Gasteiger partial charge in [-0.05, 0) is 19.1 Å². The molecule has 1 heterocycles. The van der Waals surface area contributed by atoms with Gasteiger partial charge in [0.2, 0.25) is 0 Å². The molecule has 0 saturated heterocycles. The van der Waals surface area contributed by atoms with E-state index in [1.165, 1.54) is 0 Å². The summed E-state index contributed by atoms with van der Waals surface area (Å²) in [5.41, 5.74) is 0.953. The fourth-order valence-corrected chi connectivity index (χ4v) is 0.946. The van der Waals surface area contributed by atoms with Crippen LogP contribution in [0.1, 0.15) is 17.9 Å². The maximum atomic E-state index is 4.98. The van der Waals surface area contributed by atoms with Gasteiger partial charge in [-0.3, -0.25) is 0 Å². The molecular formula is C7H11NOS. The third-order valence-corrected chi connectivity index (χ3v) is 1.57. The minimum absolute atomic E-state index is 0.903. The normalized spacial score (nSPS) is 10.2. The van der Waals surface area contributed by atoms with E-state index in [2.05, 4.69) is 17.8 Å². The molecule has 0 amide bonds. The molecule has 0 fully saturated rings. The lowest BCUT2D eigenvalue weighted by atomic mass is 10.2. The summed E-state index contributed by atoms with van der Waals surface area (Å²) in [5.74, 6) is 1.87. The van der Waals surface area contributed by atoms with Crippen molar-refractivity contribution in [3.05, 3.63) is 17.5 Å². The van der Waals surface area contributed by atoms with Crippen LogP contribution in [0.4, 0.5) is 0 Å². The fraction of sp³-hybridized carbons (Fsp3) is 0.571. The standard InChI is InChI=1S/C7H11NOS/c1-6-5-7(9-8-6)3-2-4-10/h5,10H,2-4H2,1H3. The summed E-state index contributed by atoms with van der Waals surface area (Å²) in [6.45, 7) is 1.92. The van der Waals surface area contributed by atoms with Crippen molar-refractivity contribution in [2.45, 2.75) is 19.8 Å². The van der Waals surface area contributed by atoms with E-state index in [4.69, 9.17) is 4.52 Å². The van der Waals surface area contributed by atoms with E-state index in [1.54, 1.807) is 0 Å². The van der Waals surface area contributed by atoms with Gasteiger partial charge >= 0.3 is 0 Å². The van der Waals surface area contributed by atoms with E-state index in [1.807, 2.05) is 13.0 Å². The lowest BCUT2D eigenvalue weighted by Gasteiger charge is -1.88. The minimum atomic E-state index is 0.903. The summed E-state index contributed by atoms with van der Waals surface area (Å²) < 4.78 is 4.98. The molecule has 0 aromatic carbocycles. The molecular weight excluding hydrogens is 146 g/mol. The van der Waals surface area contributed by atoms with Gasteiger partial charge < -0.3 is 4.52 Å². The average Bonchev–Trinajstić information content (AvgIpc) is 2.31. The topological polar surface area (TPSA) is 26.0 Å². The zero-order valence-corrected chi connectivity index (χ0v) is 6.90. The monoisotopic (exact) mass is 157 g/mol. The summed E-state index contributed by atoms with van der Waals surface area (Å²) in [4.78, 5) is 0. The van der Waals surface area contributed by atoms with Gasteiger partial charge in [0.25, 0.3) is 0 Å². The molecule has 0 saturated carbocycles. The van der Waals surface area contributed by atoms with Crippen LogP contribution < -0.4 is 0 Å². The second-order valence-electron chi connectivity index (χ2n) is 2.26. The largest absolute Gasteiger partial charge is 0.361 e. The van der Waals surface area contributed by atoms with Crippen LogP contribution in [0.2, 0.25) is 0 Å². The van der Waals surface area contributed by atoms with Crippen LogP contribution in [-0.2, 0) is 6.42 Å². The lowest BCUT2D eigenvalue weighted by Crippen LogP contribution is -1.81. The van der Waals surface area contributed by atoms with Gasteiger partial charge in [-0.1, -0.05) is 5.16 Å². The van der Waals surface area contributed by atoms with Gasteiger partial charge in [0.05, 0.1) is 5.69 Å². The zero-order chi connectivity index (χ0) is 7.40. The van der Waals surface area contributed by atoms with Crippen molar-refractivity contribution < 1.29 is 4.52 Å². The lowest BCUT2D eigenvalue weighted by molar-refractivity contribution is 0.379. The molecule has 0 aliphatic carbocycles. The second kappa shape index (κ2) is 3.66. The first kappa shape index (κ1) is 7.66. The molecule has 2 nitrogen and oxygen atoms in total. The highest BCUT2D eigenvalue weighted by Crippen LogP contribution is 2.04. The van der Waals surface area contributed by atoms with Crippen LogP contribution in [0.15, 0.2) is 10.6 Å². The van der Waals surface area contributed by atoms with Gasteiger partial charge in [-0.2, -0.15) is 12.6 Å². The molecule has 0 aliphatic rings. The van der Waals surface area contributed by atoms with Gasteiger partial charge in [0.1, 0.15) is 5.76 Å². The summed E-state index contributed by atoms with van der Waals surface area (Å²) in [6, 6.07) is 1.96. The van der Waals surface area contributed by atoms with E-state index in [0.29, 0.717) is 0 Å². The summed E-state index contributed by atoms with van der Waals surface area (Å²) >= 11 is 4.10. The summed E-state index contributed by atoms with van der Waals surface area (Å²) in [7, 11) is 0. The third kappa shape index (κ3) is 2.06. The molecule has 0 N–H and O–H groups in total. The summed E-state index contributed by atoms with van der Waals surface area (Å²) in [6.07, 6.45) is 2.00. The maximum Gasteiger partial charge on any atom is 0.137 e. The van der Waals surface area contributed by atoms with E-state index >= 15 is 0 Å². The quantitative estimate of drug-likeness (QED) is 0.677. The Morgan fingerprint density at radius 1 is 1.70 bits per heavy atom. The van der Waals surface area contributed by atoms with Crippen molar-refractivity contribution in [2.24, 2.45) is 0 Å².